The van der Waals surface area contributed by atoms with E-state index in [4.69, 9.17) is 9.47 Å². The minimum Gasteiger partial charge on any atom is -0.462 e. The second-order valence-corrected chi connectivity index (χ2v) is 9.71. The molecule has 0 saturated carbocycles. The summed E-state index contributed by atoms with van der Waals surface area (Å²) in [6.07, 6.45) is 0.995. The molecule has 0 bridgehead atoms. The molecule has 3 rings (SSSR count). The Hall–Kier alpha value is -2.23. The van der Waals surface area contributed by atoms with Gasteiger partial charge >= 0.3 is 11.9 Å². The van der Waals surface area contributed by atoms with Gasteiger partial charge in [0.25, 0.3) is 10.0 Å². The maximum atomic E-state index is 12.9. The van der Waals surface area contributed by atoms with Crippen LogP contribution in [0, 0.1) is 6.92 Å². The number of ether oxygens (including phenoxy) is 2. The number of aryl methyl sites for hydroxylation is 1. The summed E-state index contributed by atoms with van der Waals surface area (Å²) < 4.78 is 37.5. The molecule has 1 aromatic heterocycles. The fourth-order valence-corrected chi connectivity index (χ4v) is 6.05. The van der Waals surface area contributed by atoms with Crippen molar-refractivity contribution in [2.75, 3.05) is 13.2 Å². The first-order valence-electron chi connectivity index (χ1n) is 8.90. The van der Waals surface area contributed by atoms with Gasteiger partial charge in [-0.05, 0) is 63.1 Å². The standard InChI is InChI=1S/C19H21NO6S2/c1-3-25-18(21)14-7-9-15(10-8-14)26-19(22)16-5-4-12-20(16)28(23,24)17-11-6-13(2)27-17/h6-11,16H,3-5,12H2,1-2H3/t16-/m0/s1. The number of nitrogens with zero attached hydrogens (tertiary/aromatic N) is 1. The molecule has 0 amide bonds. The molecule has 150 valence electrons. The Labute approximate surface area is 167 Å². The summed E-state index contributed by atoms with van der Waals surface area (Å²) in [6, 6.07) is 8.41. The molecule has 1 aromatic carbocycles. The van der Waals surface area contributed by atoms with Gasteiger partial charge in [0.1, 0.15) is 16.0 Å². The lowest BCUT2D eigenvalue weighted by atomic mass is 10.2. The summed E-state index contributed by atoms with van der Waals surface area (Å²) in [5, 5.41) is 0. The van der Waals surface area contributed by atoms with Crippen molar-refractivity contribution in [3.8, 4) is 5.75 Å². The van der Waals surface area contributed by atoms with E-state index in [-0.39, 0.29) is 23.1 Å². The van der Waals surface area contributed by atoms with Crippen LogP contribution in [0.4, 0.5) is 0 Å². The summed E-state index contributed by atoms with van der Waals surface area (Å²) in [6.45, 7) is 4.10. The second-order valence-electron chi connectivity index (χ2n) is 6.30. The molecular weight excluding hydrogens is 402 g/mol. The predicted molar refractivity (Wildman–Crippen MR) is 104 cm³/mol. The third kappa shape index (κ3) is 4.26. The van der Waals surface area contributed by atoms with Crippen molar-refractivity contribution in [1.29, 1.82) is 0 Å². The van der Waals surface area contributed by atoms with Crippen molar-refractivity contribution in [3.63, 3.8) is 0 Å². The number of benzene rings is 1. The molecule has 9 heteroatoms. The number of hydrogen-bond acceptors (Lipinski definition) is 7. The molecule has 1 aliphatic rings. The maximum Gasteiger partial charge on any atom is 0.338 e. The third-order valence-corrected chi connectivity index (χ3v) is 7.71. The van der Waals surface area contributed by atoms with E-state index in [0.29, 0.717) is 18.4 Å². The molecular formula is C19H21NO6S2. The lowest BCUT2D eigenvalue weighted by Crippen LogP contribution is -2.42. The van der Waals surface area contributed by atoms with Crippen molar-refractivity contribution < 1.29 is 27.5 Å². The fraction of sp³-hybridized carbons (Fsp3) is 0.368. The Morgan fingerprint density at radius 1 is 1.18 bits per heavy atom. The zero-order valence-corrected chi connectivity index (χ0v) is 17.2. The summed E-state index contributed by atoms with van der Waals surface area (Å²) in [7, 11) is -3.74. The zero-order chi connectivity index (χ0) is 20.3. The van der Waals surface area contributed by atoms with Crippen molar-refractivity contribution >= 4 is 33.3 Å². The molecule has 1 atom stereocenters. The Morgan fingerprint density at radius 2 is 1.89 bits per heavy atom. The first-order valence-corrected chi connectivity index (χ1v) is 11.2. The Bertz CT molecular complexity index is 965. The Kier molecular flexibility index (Phi) is 6.17. The van der Waals surface area contributed by atoms with Gasteiger partial charge in [-0.3, -0.25) is 0 Å². The van der Waals surface area contributed by atoms with Crippen LogP contribution in [0.15, 0.2) is 40.6 Å². The highest BCUT2D eigenvalue weighted by Gasteiger charge is 2.41. The fourth-order valence-electron chi connectivity index (χ4n) is 2.99. The third-order valence-electron chi connectivity index (χ3n) is 4.34. The van der Waals surface area contributed by atoms with Crippen molar-refractivity contribution in [2.45, 2.75) is 36.9 Å². The Morgan fingerprint density at radius 3 is 2.50 bits per heavy atom. The highest BCUT2D eigenvalue weighted by atomic mass is 32.2. The van der Waals surface area contributed by atoms with Crippen LogP contribution in [0.2, 0.25) is 0 Å². The van der Waals surface area contributed by atoms with Crippen LogP contribution in [0.1, 0.15) is 35.0 Å². The normalized spacial score (nSPS) is 17.4. The lowest BCUT2D eigenvalue weighted by molar-refractivity contribution is -0.137. The van der Waals surface area contributed by atoms with Crippen LogP contribution in [-0.2, 0) is 19.6 Å². The highest BCUT2D eigenvalue weighted by Crippen LogP contribution is 2.31. The van der Waals surface area contributed by atoms with Gasteiger partial charge < -0.3 is 9.47 Å². The zero-order valence-electron chi connectivity index (χ0n) is 15.6. The van der Waals surface area contributed by atoms with Crippen LogP contribution < -0.4 is 4.74 Å². The van der Waals surface area contributed by atoms with E-state index in [2.05, 4.69) is 0 Å². The van der Waals surface area contributed by atoms with E-state index in [0.717, 1.165) is 4.88 Å². The number of rotatable bonds is 6. The van der Waals surface area contributed by atoms with E-state index < -0.39 is 28.0 Å². The molecule has 0 N–H and O–H groups in total. The maximum absolute atomic E-state index is 12.9. The molecule has 0 radical (unpaired) electrons. The summed E-state index contributed by atoms with van der Waals surface area (Å²) >= 11 is 1.18. The first-order chi connectivity index (χ1) is 13.3. The summed E-state index contributed by atoms with van der Waals surface area (Å²) in [5.74, 6) is -0.841. The van der Waals surface area contributed by atoms with Crippen LogP contribution in [0.25, 0.3) is 0 Å². The van der Waals surface area contributed by atoms with Gasteiger partial charge in [0.15, 0.2) is 0 Å². The molecule has 2 aromatic rings. The topological polar surface area (TPSA) is 90.0 Å². The molecule has 1 saturated heterocycles. The lowest BCUT2D eigenvalue weighted by Gasteiger charge is -2.21. The minimum absolute atomic E-state index is 0.225. The monoisotopic (exact) mass is 423 g/mol. The van der Waals surface area contributed by atoms with E-state index in [1.807, 2.05) is 6.92 Å². The van der Waals surface area contributed by atoms with Gasteiger partial charge in [0, 0.05) is 11.4 Å². The van der Waals surface area contributed by atoms with Crippen LogP contribution in [-0.4, -0.2) is 43.9 Å². The van der Waals surface area contributed by atoms with Crippen LogP contribution in [0.3, 0.4) is 0 Å². The predicted octanol–water partition coefficient (Wildman–Crippen LogP) is 2.99. The van der Waals surface area contributed by atoms with Gasteiger partial charge in [-0.25, -0.2) is 18.0 Å². The molecule has 1 fully saturated rings. The second kappa shape index (κ2) is 8.42. The van der Waals surface area contributed by atoms with Gasteiger partial charge in [-0.2, -0.15) is 4.31 Å². The van der Waals surface area contributed by atoms with Crippen LogP contribution >= 0.6 is 11.3 Å². The molecule has 2 heterocycles. The van der Waals surface area contributed by atoms with E-state index >= 15 is 0 Å². The van der Waals surface area contributed by atoms with Gasteiger partial charge in [0.05, 0.1) is 12.2 Å². The summed E-state index contributed by atoms with van der Waals surface area (Å²) in [4.78, 5) is 25.2. The SMILES string of the molecule is CCOC(=O)c1ccc(OC(=O)[C@@H]2CCCN2S(=O)(=O)c2ccc(C)s2)cc1. The van der Waals surface area contributed by atoms with Crippen molar-refractivity contribution in [2.24, 2.45) is 0 Å². The molecule has 7 nitrogen and oxygen atoms in total. The van der Waals surface area contributed by atoms with Crippen molar-refractivity contribution in [1.82, 2.24) is 4.31 Å². The largest absolute Gasteiger partial charge is 0.462 e. The quantitative estimate of drug-likeness (QED) is 0.524. The van der Waals surface area contributed by atoms with E-state index in [1.54, 1.807) is 19.1 Å². The molecule has 1 aliphatic heterocycles. The summed E-state index contributed by atoms with van der Waals surface area (Å²) in [5.41, 5.74) is 0.347. The number of carbonyl (C=O) groups excluding carboxylic acids is 2. The molecule has 0 spiro atoms. The highest BCUT2D eigenvalue weighted by molar-refractivity contribution is 7.91. The molecule has 28 heavy (non-hydrogen) atoms. The first kappa shape index (κ1) is 20.5. The van der Waals surface area contributed by atoms with Crippen LogP contribution in [0.5, 0.6) is 5.75 Å². The van der Waals surface area contributed by atoms with Gasteiger partial charge in [0.2, 0.25) is 0 Å². The minimum atomic E-state index is -3.74. The van der Waals surface area contributed by atoms with Crippen molar-refractivity contribution in [3.05, 3.63) is 46.8 Å². The molecule has 0 unspecified atom stereocenters. The average molecular weight is 424 g/mol. The number of thiophene rings is 1. The number of hydrogen-bond donors (Lipinski definition) is 0. The number of sulfonamides is 1. The number of esters is 2. The Balaban J connectivity index is 1.72. The van der Waals surface area contributed by atoms with Gasteiger partial charge in [-0.15, -0.1) is 11.3 Å². The smallest absolute Gasteiger partial charge is 0.338 e. The van der Waals surface area contributed by atoms with E-state index in [9.17, 15) is 18.0 Å². The number of carbonyl (C=O) groups is 2. The van der Waals surface area contributed by atoms with E-state index in [1.165, 1.54) is 39.9 Å². The molecule has 0 aliphatic carbocycles. The van der Waals surface area contributed by atoms with Gasteiger partial charge in [-0.1, -0.05) is 0 Å². The average Bonchev–Trinajstić information content (AvgIpc) is 3.32.